The maximum atomic E-state index is 12.1. The highest BCUT2D eigenvalue weighted by Crippen LogP contribution is 2.28. The molecule has 0 spiro atoms. The number of hydrogen-bond donors (Lipinski definition) is 1. The second-order valence-corrected chi connectivity index (χ2v) is 5.88. The predicted molar refractivity (Wildman–Crippen MR) is 110 cm³/mol. The van der Waals surface area contributed by atoms with Crippen molar-refractivity contribution in [2.45, 2.75) is 0 Å². The number of esters is 1. The van der Waals surface area contributed by atoms with Crippen LogP contribution in [0.25, 0.3) is 6.08 Å². The number of para-hydroxylation sites is 1. The number of nitriles is 1. The normalized spacial score (nSPS) is 10.1. The number of ether oxygens (including phenoxy) is 4. The SMILES string of the molecule is COc1cc(/C=C/C(=O)OCC(=O)NC(=O)c2ccccc2OC)ccc1OCC#N. The van der Waals surface area contributed by atoms with E-state index in [1.165, 1.54) is 26.4 Å². The summed E-state index contributed by atoms with van der Waals surface area (Å²) in [4.78, 5) is 35.9. The smallest absolute Gasteiger partial charge is 0.331 e. The summed E-state index contributed by atoms with van der Waals surface area (Å²) in [5.74, 6) is -1.13. The first kappa shape index (κ1) is 23.0. The lowest BCUT2D eigenvalue weighted by Crippen LogP contribution is -2.34. The van der Waals surface area contributed by atoms with E-state index in [2.05, 4.69) is 5.32 Å². The van der Waals surface area contributed by atoms with Gasteiger partial charge in [-0.2, -0.15) is 5.26 Å². The molecular formula is C22H20N2O7. The van der Waals surface area contributed by atoms with Crippen molar-refractivity contribution in [3.05, 3.63) is 59.7 Å². The van der Waals surface area contributed by atoms with Crippen molar-refractivity contribution in [2.24, 2.45) is 0 Å². The van der Waals surface area contributed by atoms with Gasteiger partial charge in [0.2, 0.25) is 0 Å². The second-order valence-electron chi connectivity index (χ2n) is 5.88. The van der Waals surface area contributed by atoms with E-state index in [1.54, 1.807) is 36.4 Å². The van der Waals surface area contributed by atoms with Crippen molar-refractivity contribution >= 4 is 23.9 Å². The van der Waals surface area contributed by atoms with Crippen molar-refractivity contribution in [2.75, 3.05) is 27.4 Å². The van der Waals surface area contributed by atoms with Gasteiger partial charge in [0, 0.05) is 6.08 Å². The molecule has 0 fully saturated rings. The Balaban J connectivity index is 1.88. The van der Waals surface area contributed by atoms with E-state index >= 15 is 0 Å². The van der Waals surface area contributed by atoms with Crippen LogP contribution in [0.1, 0.15) is 15.9 Å². The van der Waals surface area contributed by atoms with Gasteiger partial charge in [0.15, 0.2) is 24.7 Å². The highest BCUT2D eigenvalue weighted by molar-refractivity contribution is 6.06. The molecule has 31 heavy (non-hydrogen) atoms. The summed E-state index contributed by atoms with van der Waals surface area (Å²) < 4.78 is 20.3. The molecule has 2 aromatic rings. The van der Waals surface area contributed by atoms with Crippen LogP contribution in [-0.2, 0) is 14.3 Å². The monoisotopic (exact) mass is 424 g/mol. The van der Waals surface area contributed by atoms with Gasteiger partial charge in [-0.25, -0.2) is 4.79 Å². The molecule has 0 saturated heterocycles. The maximum Gasteiger partial charge on any atom is 0.331 e. The number of benzene rings is 2. The average Bonchev–Trinajstić information content (AvgIpc) is 2.80. The van der Waals surface area contributed by atoms with Crippen molar-refractivity contribution in [1.82, 2.24) is 5.32 Å². The van der Waals surface area contributed by atoms with Crippen LogP contribution in [0.5, 0.6) is 17.2 Å². The fourth-order valence-electron chi connectivity index (χ4n) is 2.43. The van der Waals surface area contributed by atoms with Crippen LogP contribution in [0.15, 0.2) is 48.5 Å². The molecule has 0 aliphatic carbocycles. The number of hydrogen-bond acceptors (Lipinski definition) is 8. The molecule has 2 aromatic carbocycles. The van der Waals surface area contributed by atoms with Gasteiger partial charge in [0.25, 0.3) is 11.8 Å². The summed E-state index contributed by atoms with van der Waals surface area (Å²) in [7, 11) is 2.85. The van der Waals surface area contributed by atoms with E-state index in [0.717, 1.165) is 6.08 Å². The van der Waals surface area contributed by atoms with E-state index in [4.69, 9.17) is 24.2 Å². The van der Waals surface area contributed by atoms with E-state index < -0.39 is 24.4 Å². The third kappa shape index (κ3) is 6.90. The van der Waals surface area contributed by atoms with Crippen LogP contribution in [0, 0.1) is 11.3 Å². The number of methoxy groups -OCH3 is 2. The molecule has 0 radical (unpaired) electrons. The fourth-order valence-corrected chi connectivity index (χ4v) is 2.43. The number of amides is 2. The molecule has 0 bridgehead atoms. The first-order valence-corrected chi connectivity index (χ1v) is 8.98. The summed E-state index contributed by atoms with van der Waals surface area (Å²) in [6.45, 7) is -0.756. The van der Waals surface area contributed by atoms with Crippen LogP contribution in [0.3, 0.4) is 0 Å². The molecule has 9 nitrogen and oxygen atoms in total. The minimum absolute atomic E-state index is 0.126. The Kier molecular flexibility index (Phi) is 8.61. The summed E-state index contributed by atoms with van der Waals surface area (Å²) in [5, 5.41) is 10.7. The molecule has 2 rings (SSSR count). The molecule has 1 N–H and O–H groups in total. The van der Waals surface area contributed by atoms with Crippen molar-refractivity contribution in [3.63, 3.8) is 0 Å². The number of nitrogens with one attached hydrogen (secondary N) is 1. The summed E-state index contributed by atoms with van der Waals surface area (Å²) >= 11 is 0. The molecule has 2 amide bonds. The summed E-state index contributed by atoms with van der Waals surface area (Å²) in [6, 6.07) is 13.1. The maximum absolute atomic E-state index is 12.1. The zero-order valence-electron chi connectivity index (χ0n) is 16.9. The molecule has 0 aliphatic rings. The third-order valence-electron chi connectivity index (χ3n) is 3.84. The number of rotatable bonds is 9. The lowest BCUT2D eigenvalue weighted by Gasteiger charge is -2.09. The fraction of sp³-hybridized carbons (Fsp3) is 0.182. The van der Waals surface area contributed by atoms with Crippen LogP contribution < -0.4 is 19.5 Å². The van der Waals surface area contributed by atoms with E-state index in [0.29, 0.717) is 22.8 Å². The van der Waals surface area contributed by atoms with Crippen LogP contribution in [0.2, 0.25) is 0 Å². The summed E-state index contributed by atoms with van der Waals surface area (Å²) in [6.07, 6.45) is 2.58. The lowest BCUT2D eigenvalue weighted by molar-refractivity contribution is -0.143. The van der Waals surface area contributed by atoms with Crippen molar-refractivity contribution in [1.29, 1.82) is 5.26 Å². The number of carbonyl (C=O) groups excluding carboxylic acids is 3. The zero-order chi connectivity index (χ0) is 22.6. The minimum Gasteiger partial charge on any atom is -0.496 e. The molecule has 0 aliphatic heterocycles. The van der Waals surface area contributed by atoms with E-state index in [9.17, 15) is 14.4 Å². The Labute approximate surface area is 178 Å². The zero-order valence-corrected chi connectivity index (χ0v) is 16.9. The molecule has 0 unspecified atom stereocenters. The quantitative estimate of drug-likeness (QED) is 0.480. The third-order valence-corrected chi connectivity index (χ3v) is 3.84. The van der Waals surface area contributed by atoms with Gasteiger partial charge < -0.3 is 18.9 Å². The van der Waals surface area contributed by atoms with Gasteiger partial charge in [-0.15, -0.1) is 0 Å². The molecule has 0 heterocycles. The largest absolute Gasteiger partial charge is 0.496 e. The summed E-state index contributed by atoms with van der Waals surface area (Å²) in [5.41, 5.74) is 0.787. The van der Waals surface area contributed by atoms with Gasteiger partial charge in [0.1, 0.15) is 11.8 Å². The highest BCUT2D eigenvalue weighted by atomic mass is 16.5. The lowest BCUT2D eigenvalue weighted by atomic mass is 10.2. The molecular weight excluding hydrogens is 404 g/mol. The van der Waals surface area contributed by atoms with E-state index in [-0.39, 0.29) is 12.2 Å². The highest BCUT2D eigenvalue weighted by Gasteiger charge is 2.15. The number of imide groups is 1. The molecule has 0 atom stereocenters. The van der Waals surface area contributed by atoms with Crippen LogP contribution in [-0.4, -0.2) is 45.2 Å². The molecule has 0 saturated carbocycles. The number of carbonyl (C=O) groups is 3. The molecule has 0 aromatic heterocycles. The van der Waals surface area contributed by atoms with Crippen molar-refractivity contribution < 1.29 is 33.3 Å². The van der Waals surface area contributed by atoms with Gasteiger partial charge in [-0.05, 0) is 35.9 Å². The van der Waals surface area contributed by atoms with Gasteiger partial charge >= 0.3 is 5.97 Å². The van der Waals surface area contributed by atoms with Crippen molar-refractivity contribution in [3.8, 4) is 23.3 Å². The Morgan fingerprint density at radius 1 is 1.03 bits per heavy atom. The Morgan fingerprint density at radius 2 is 1.77 bits per heavy atom. The van der Waals surface area contributed by atoms with Gasteiger partial charge in [-0.3, -0.25) is 14.9 Å². The van der Waals surface area contributed by atoms with E-state index in [1.807, 2.05) is 6.07 Å². The topological polar surface area (TPSA) is 124 Å². The van der Waals surface area contributed by atoms with Gasteiger partial charge in [-0.1, -0.05) is 18.2 Å². The molecule has 160 valence electrons. The van der Waals surface area contributed by atoms with Crippen LogP contribution in [0.4, 0.5) is 0 Å². The second kappa shape index (κ2) is 11.6. The Morgan fingerprint density at radius 3 is 2.48 bits per heavy atom. The van der Waals surface area contributed by atoms with Gasteiger partial charge in [0.05, 0.1) is 19.8 Å². The minimum atomic E-state index is -0.779. The number of nitrogens with zero attached hydrogens (tertiary/aromatic N) is 1. The standard InChI is InChI=1S/C22H20N2O7/c1-28-17-6-4-3-5-16(17)22(27)24-20(25)14-31-21(26)10-8-15-7-9-18(30-12-11-23)19(13-15)29-2/h3-10,13H,12,14H2,1-2H3,(H,24,25,27)/b10-8+. The predicted octanol–water partition coefficient (Wildman–Crippen LogP) is 2.12. The average molecular weight is 424 g/mol. The molecule has 9 heteroatoms. The first-order valence-electron chi connectivity index (χ1n) is 8.98. The first-order chi connectivity index (χ1) is 15.0. The Bertz CT molecular complexity index is 1020. The van der Waals surface area contributed by atoms with Crippen LogP contribution >= 0.6 is 0 Å². The Hall–Kier alpha value is -4.32.